The molecular formula is C32H54O2. The summed E-state index contributed by atoms with van der Waals surface area (Å²) in [6.45, 7) is 22.5. The third kappa shape index (κ3) is 3.21. The van der Waals surface area contributed by atoms with Crippen molar-refractivity contribution in [1.82, 2.24) is 0 Å². The lowest BCUT2D eigenvalue weighted by molar-refractivity contribution is -0.263. The molecule has 0 bridgehead atoms. The summed E-state index contributed by atoms with van der Waals surface area (Å²) in [5.41, 5.74) is 2.70. The molecule has 5 saturated carbocycles. The summed E-state index contributed by atoms with van der Waals surface area (Å²) in [6, 6.07) is 0. The van der Waals surface area contributed by atoms with Crippen molar-refractivity contribution in [2.75, 3.05) is 0 Å². The van der Waals surface area contributed by atoms with Gasteiger partial charge >= 0.3 is 5.97 Å². The van der Waals surface area contributed by atoms with Crippen molar-refractivity contribution in [1.29, 1.82) is 0 Å². The Hall–Kier alpha value is -0.530. The molecule has 0 amide bonds. The van der Waals surface area contributed by atoms with Gasteiger partial charge in [-0.25, -0.2) is 0 Å². The second-order valence-electron chi connectivity index (χ2n) is 16.1. The van der Waals surface area contributed by atoms with Crippen molar-refractivity contribution in [2.45, 2.75) is 139 Å². The summed E-state index contributed by atoms with van der Waals surface area (Å²) in [5.74, 6) is 2.84. The lowest BCUT2D eigenvalue weighted by atomic mass is 9.30. The summed E-state index contributed by atoms with van der Waals surface area (Å²) >= 11 is 0. The summed E-state index contributed by atoms with van der Waals surface area (Å²) in [4.78, 5) is 11.8. The summed E-state index contributed by atoms with van der Waals surface area (Å²) < 4.78 is 5.86. The van der Waals surface area contributed by atoms with E-state index in [0.717, 1.165) is 24.2 Å². The van der Waals surface area contributed by atoms with Crippen molar-refractivity contribution in [3.05, 3.63) is 0 Å². The van der Waals surface area contributed by atoms with Crippen LogP contribution in [-0.4, -0.2) is 12.1 Å². The molecule has 5 aliphatic carbocycles. The number of fused-ring (bicyclic) bond motifs is 7. The minimum Gasteiger partial charge on any atom is -0.462 e. The van der Waals surface area contributed by atoms with E-state index in [1.54, 1.807) is 6.92 Å². The highest BCUT2D eigenvalue weighted by Gasteiger charge is 2.70. The van der Waals surface area contributed by atoms with E-state index in [1.165, 1.54) is 64.2 Å². The van der Waals surface area contributed by atoms with Gasteiger partial charge in [-0.1, -0.05) is 55.4 Å². The first-order chi connectivity index (χ1) is 15.6. The lowest BCUT2D eigenvalue weighted by Gasteiger charge is -2.75. The van der Waals surface area contributed by atoms with Crippen molar-refractivity contribution in [3.63, 3.8) is 0 Å². The standard InChI is InChI=1S/C32H54O2/c1-21-23(34-22(2)33)10-11-24-29(21,6)13-12-25-30(24,7)17-19-32(9)26-20-27(3,4)14-15-28(26,5)16-18-31(25,32)8/h21,23-26H,10-20H2,1-9H3/t21-,23-,24+,25-,26-,28+,29+,30-,31+,32-/m0/s1. The Morgan fingerprint density at radius 3 is 1.97 bits per heavy atom. The summed E-state index contributed by atoms with van der Waals surface area (Å²) in [5, 5.41) is 0. The van der Waals surface area contributed by atoms with Crippen LogP contribution in [0.5, 0.6) is 0 Å². The van der Waals surface area contributed by atoms with Crippen LogP contribution in [0.2, 0.25) is 0 Å². The van der Waals surface area contributed by atoms with E-state index in [-0.39, 0.29) is 12.1 Å². The molecule has 34 heavy (non-hydrogen) atoms. The van der Waals surface area contributed by atoms with Crippen LogP contribution in [0.25, 0.3) is 0 Å². The first-order valence-electron chi connectivity index (χ1n) is 14.8. The van der Waals surface area contributed by atoms with Crippen LogP contribution in [-0.2, 0) is 9.53 Å². The van der Waals surface area contributed by atoms with Gasteiger partial charge in [0.2, 0.25) is 0 Å². The largest absolute Gasteiger partial charge is 0.462 e. The van der Waals surface area contributed by atoms with Gasteiger partial charge in [0.05, 0.1) is 0 Å². The highest BCUT2D eigenvalue weighted by atomic mass is 16.5. The number of carbonyl (C=O) groups is 1. The number of hydrogen-bond donors (Lipinski definition) is 0. The van der Waals surface area contributed by atoms with Gasteiger partial charge in [-0.2, -0.15) is 0 Å². The van der Waals surface area contributed by atoms with E-state index in [9.17, 15) is 4.79 Å². The predicted molar refractivity (Wildman–Crippen MR) is 140 cm³/mol. The summed E-state index contributed by atoms with van der Waals surface area (Å²) in [7, 11) is 0. The molecule has 0 saturated heterocycles. The zero-order valence-corrected chi connectivity index (χ0v) is 24.0. The van der Waals surface area contributed by atoms with Crippen LogP contribution >= 0.6 is 0 Å². The molecule has 0 radical (unpaired) electrons. The van der Waals surface area contributed by atoms with E-state index in [0.29, 0.717) is 38.4 Å². The molecule has 5 fully saturated rings. The Morgan fingerprint density at radius 2 is 1.29 bits per heavy atom. The fourth-order valence-corrected chi connectivity index (χ4v) is 11.7. The zero-order chi connectivity index (χ0) is 24.9. The molecule has 194 valence electrons. The molecule has 0 aromatic carbocycles. The molecule has 0 N–H and O–H groups in total. The maximum absolute atomic E-state index is 11.8. The topological polar surface area (TPSA) is 26.3 Å². The van der Waals surface area contributed by atoms with Crippen LogP contribution in [0.3, 0.4) is 0 Å². The Morgan fingerprint density at radius 1 is 0.676 bits per heavy atom. The maximum Gasteiger partial charge on any atom is 0.302 e. The molecule has 0 aromatic rings. The predicted octanol–water partition coefficient (Wildman–Crippen LogP) is 8.82. The van der Waals surface area contributed by atoms with E-state index in [4.69, 9.17) is 4.74 Å². The molecule has 5 aliphatic rings. The fraction of sp³-hybridized carbons (Fsp3) is 0.969. The van der Waals surface area contributed by atoms with Crippen LogP contribution < -0.4 is 0 Å². The normalized spacial score (nSPS) is 56.3. The van der Waals surface area contributed by atoms with Crippen LogP contribution in [0.4, 0.5) is 0 Å². The molecule has 0 heterocycles. The van der Waals surface area contributed by atoms with Crippen LogP contribution in [0.1, 0.15) is 133 Å². The van der Waals surface area contributed by atoms with Gasteiger partial charge in [-0.3, -0.25) is 4.79 Å². The second kappa shape index (κ2) is 7.50. The number of carbonyl (C=O) groups excluding carboxylic acids is 1. The molecular weight excluding hydrogens is 416 g/mol. The van der Waals surface area contributed by atoms with E-state index in [1.807, 2.05) is 0 Å². The number of rotatable bonds is 1. The average molecular weight is 471 g/mol. The molecule has 0 aliphatic heterocycles. The lowest BCUT2D eigenvalue weighted by Crippen LogP contribution is -2.68. The third-order valence-corrected chi connectivity index (χ3v) is 14.2. The van der Waals surface area contributed by atoms with Crippen LogP contribution in [0, 0.1) is 56.2 Å². The zero-order valence-electron chi connectivity index (χ0n) is 24.0. The van der Waals surface area contributed by atoms with Gasteiger partial charge in [-0.05, 0) is 127 Å². The number of esters is 1. The van der Waals surface area contributed by atoms with E-state index in [2.05, 4.69) is 55.4 Å². The van der Waals surface area contributed by atoms with Crippen molar-refractivity contribution < 1.29 is 9.53 Å². The first kappa shape index (κ1) is 25.1. The molecule has 0 spiro atoms. The van der Waals surface area contributed by atoms with E-state index >= 15 is 0 Å². The van der Waals surface area contributed by atoms with E-state index < -0.39 is 0 Å². The monoisotopic (exact) mass is 470 g/mol. The maximum atomic E-state index is 11.8. The van der Waals surface area contributed by atoms with Gasteiger partial charge in [0.25, 0.3) is 0 Å². The second-order valence-corrected chi connectivity index (χ2v) is 16.1. The fourth-order valence-electron chi connectivity index (χ4n) is 11.7. The summed E-state index contributed by atoms with van der Waals surface area (Å²) in [6.07, 6.45) is 15.1. The van der Waals surface area contributed by atoms with Crippen molar-refractivity contribution >= 4 is 5.97 Å². The molecule has 0 aromatic heterocycles. The van der Waals surface area contributed by atoms with Gasteiger partial charge in [-0.15, -0.1) is 0 Å². The third-order valence-electron chi connectivity index (χ3n) is 14.2. The average Bonchev–Trinajstić information content (AvgIpc) is 2.74. The minimum atomic E-state index is -0.0968. The highest BCUT2D eigenvalue weighted by molar-refractivity contribution is 5.66. The molecule has 10 atom stereocenters. The van der Waals surface area contributed by atoms with Crippen molar-refractivity contribution in [2.24, 2.45) is 56.2 Å². The molecule has 5 rings (SSSR count). The Kier molecular flexibility index (Phi) is 5.55. The van der Waals surface area contributed by atoms with Gasteiger partial charge < -0.3 is 4.74 Å². The Balaban J connectivity index is 1.49. The van der Waals surface area contributed by atoms with Gasteiger partial charge in [0, 0.05) is 6.92 Å². The smallest absolute Gasteiger partial charge is 0.302 e. The van der Waals surface area contributed by atoms with Gasteiger partial charge in [0.1, 0.15) is 6.10 Å². The number of hydrogen-bond acceptors (Lipinski definition) is 2. The Labute approximate surface area is 210 Å². The first-order valence-corrected chi connectivity index (χ1v) is 14.8. The quantitative estimate of drug-likeness (QED) is 0.358. The van der Waals surface area contributed by atoms with Gasteiger partial charge in [0.15, 0.2) is 0 Å². The Bertz CT molecular complexity index is 846. The number of ether oxygens (including phenoxy) is 1. The SMILES string of the molecule is CC(=O)O[C@H]1CC[C@@H]2[C@](C)(CC[C@H]3[C@@]2(C)CC[C@@]2(C)[C@H]4CC(C)(C)CC[C@]4(C)CC[C@]32C)[C@H]1C. The molecule has 2 heteroatoms. The minimum absolute atomic E-state index is 0.0968. The van der Waals surface area contributed by atoms with Crippen LogP contribution in [0.15, 0.2) is 0 Å². The molecule has 0 unspecified atom stereocenters. The van der Waals surface area contributed by atoms with Crippen molar-refractivity contribution in [3.8, 4) is 0 Å². The molecule has 2 nitrogen and oxygen atoms in total. The highest BCUT2D eigenvalue weighted by Crippen LogP contribution is 2.78.